The van der Waals surface area contributed by atoms with Gasteiger partial charge in [-0.25, -0.2) is 9.59 Å². The number of carbonyl (C=O) groups is 3. The van der Waals surface area contributed by atoms with Gasteiger partial charge in [-0.1, -0.05) is 6.42 Å². The van der Waals surface area contributed by atoms with Crippen molar-refractivity contribution in [1.29, 1.82) is 0 Å². The summed E-state index contributed by atoms with van der Waals surface area (Å²) in [6.07, 6.45) is 4.33. The maximum Gasteiger partial charge on any atom is 0.329 e. The van der Waals surface area contributed by atoms with E-state index in [1.807, 2.05) is 0 Å². The van der Waals surface area contributed by atoms with Crippen LogP contribution in [0.1, 0.15) is 25.7 Å². The fourth-order valence-corrected chi connectivity index (χ4v) is 3.01. The second-order valence-corrected chi connectivity index (χ2v) is 5.40. The molecule has 0 aliphatic carbocycles. The zero-order chi connectivity index (χ0) is 15.2. The molecule has 0 spiro atoms. The molecule has 8 heteroatoms. The van der Waals surface area contributed by atoms with Gasteiger partial charge >= 0.3 is 12.0 Å². The number of fused-ring (bicyclic) bond motifs is 1. The molecule has 2 atom stereocenters. The highest BCUT2D eigenvalue weighted by Gasteiger charge is 2.36. The number of urea groups is 1. The molecule has 3 N–H and O–H groups in total. The zero-order valence-electron chi connectivity index (χ0n) is 11.8. The van der Waals surface area contributed by atoms with Crippen LogP contribution in [0.25, 0.3) is 0 Å². The number of amides is 3. The lowest BCUT2D eigenvalue weighted by Gasteiger charge is -2.32. The number of aliphatic carboxylic acids is 1. The van der Waals surface area contributed by atoms with Gasteiger partial charge in [0.15, 0.2) is 0 Å². The van der Waals surface area contributed by atoms with Gasteiger partial charge < -0.3 is 15.2 Å². The molecule has 2 aliphatic heterocycles. The topological polar surface area (TPSA) is 108 Å². The molecule has 118 valence electrons. The predicted octanol–water partition coefficient (Wildman–Crippen LogP) is -0.460. The van der Waals surface area contributed by atoms with Crippen LogP contribution in [-0.4, -0.2) is 66.3 Å². The fourth-order valence-electron chi connectivity index (χ4n) is 3.01. The van der Waals surface area contributed by atoms with E-state index in [1.165, 1.54) is 12.8 Å². The highest BCUT2D eigenvalue weighted by Crippen LogP contribution is 2.26. The molecular weight excluding hydrogens is 278 g/mol. The molecule has 0 radical (unpaired) electrons. The van der Waals surface area contributed by atoms with Gasteiger partial charge in [-0.3, -0.25) is 15.0 Å². The van der Waals surface area contributed by atoms with E-state index in [1.54, 1.807) is 0 Å². The van der Waals surface area contributed by atoms with Gasteiger partial charge in [-0.05, 0) is 25.8 Å². The Kier molecular flexibility index (Phi) is 5.51. The lowest BCUT2D eigenvalue weighted by molar-refractivity contribution is -0.143. The molecule has 0 aromatic rings. The molecular formula is C13H21N3O5. The van der Waals surface area contributed by atoms with Crippen molar-refractivity contribution in [3.63, 3.8) is 0 Å². The van der Waals surface area contributed by atoms with E-state index in [2.05, 4.69) is 20.3 Å². The largest absolute Gasteiger partial charge is 0.480 e. The van der Waals surface area contributed by atoms with Crippen molar-refractivity contribution in [3.8, 4) is 0 Å². The number of carboxylic acid groups (broad SMARTS) is 1. The summed E-state index contributed by atoms with van der Waals surface area (Å²) in [7, 11) is 0. The van der Waals surface area contributed by atoms with Crippen LogP contribution in [0.4, 0.5) is 4.79 Å². The summed E-state index contributed by atoms with van der Waals surface area (Å²) in [6, 6.07) is -0.114. The molecule has 21 heavy (non-hydrogen) atoms. The van der Waals surface area contributed by atoms with Crippen LogP contribution < -0.4 is 10.6 Å². The second-order valence-electron chi connectivity index (χ2n) is 5.40. The van der Waals surface area contributed by atoms with Crippen LogP contribution in [-0.2, 0) is 14.3 Å². The SMILES string of the molecule is O=C(O)COCC(=O)NC(=O)NC1CCN2CCCCC12. The van der Waals surface area contributed by atoms with E-state index in [0.717, 1.165) is 25.9 Å². The Morgan fingerprint density at radius 1 is 1.14 bits per heavy atom. The summed E-state index contributed by atoms with van der Waals surface area (Å²) in [5.41, 5.74) is 0. The second kappa shape index (κ2) is 7.37. The highest BCUT2D eigenvalue weighted by atomic mass is 16.5. The third-order valence-corrected chi connectivity index (χ3v) is 3.88. The van der Waals surface area contributed by atoms with Crippen LogP contribution in [0.15, 0.2) is 0 Å². The van der Waals surface area contributed by atoms with Gasteiger partial charge in [0.05, 0.1) is 0 Å². The third-order valence-electron chi connectivity index (χ3n) is 3.88. The van der Waals surface area contributed by atoms with Crippen molar-refractivity contribution in [3.05, 3.63) is 0 Å². The maximum absolute atomic E-state index is 11.7. The van der Waals surface area contributed by atoms with E-state index >= 15 is 0 Å². The Bertz CT molecular complexity index is 415. The van der Waals surface area contributed by atoms with Crippen molar-refractivity contribution in [1.82, 2.24) is 15.5 Å². The molecule has 0 bridgehead atoms. The van der Waals surface area contributed by atoms with Gasteiger partial charge in [-0.2, -0.15) is 0 Å². The normalized spacial score (nSPS) is 25.1. The first kappa shape index (κ1) is 15.7. The van der Waals surface area contributed by atoms with Gasteiger partial charge in [-0.15, -0.1) is 0 Å². The highest BCUT2D eigenvalue weighted by molar-refractivity contribution is 5.95. The summed E-state index contributed by atoms with van der Waals surface area (Å²) < 4.78 is 4.61. The van der Waals surface area contributed by atoms with E-state index in [4.69, 9.17) is 5.11 Å². The maximum atomic E-state index is 11.7. The Morgan fingerprint density at radius 2 is 1.95 bits per heavy atom. The van der Waals surface area contributed by atoms with E-state index in [0.29, 0.717) is 6.04 Å². The molecule has 2 unspecified atom stereocenters. The lowest BCUT2D eigenvalue weighted by Crippen LogP contribution is -2.51. The van der Waals surface area contributed by atoms with E-state index in [-0.39, 0.29) is 6.04 Å². The van der Waals surface area contributed by atoms with Gasteiger partial charge in [0.2, 0.25) is 0 Å². The number of carboxylic acids is 1. The minimum Gasteiger partial charge on any atom is -0.480 e. The standard InChI is InChI=1S/C13H21N3O5/c17-11(7-21-8-12(18)19)15-13(20)14-9-4-6-16-5-2-1-3-10(9)16/h9-10H,1-8H2,(H,18,19)(H2,14,15,17,20). The number of hydrogen-bond donors (Lipinski definition) is 3. The molecule has 0 aromatic heterocycles. The summed E-state index contributed by atoms with van der Waals surface area (Å²) in [5, 5.41) is 13.3. The minimum atomic E-state index is -1.16. The molecule has 2 fully saturated rings. The van der Waals surface area contributed by atoms with Gasteiger partial charge in [0.25, 0.3) is 5.91 Å². The van der Waals surface area contributed by atoms with Crippen LogP contribution in [0.2, 0.25) is 0 Å². The lowest BCUT2D eigenvalue weighted by atomic mass is 9.99. The van der Waals surface area contributed by atoms with E-state index in [9.17, 15) is 14.4 Å². The summed E-state index contributed by atoms with van der Waals surface area (Å²) in [4.78, 5) is 35.7. The molecule has 2 aliphatic rings. The van der Waals surface area contributed by atoms with Crippen molar-refractivity contribution >= 4 is 17.9 Å². The molecule has 0 aromatic carbocycles. The number of rotatable bonds is 5. The minimum absolute atomic E-state index is 0.0676. The van der Waals surface area contributed by atoms with E-state index < -0.39 is 31.1 Å². The Morgan fingerprint density at radius 3 is 2.71 bits per heavy atom. The number of carbonyl (C=O) groups excluding carboxylic acids is 2. The van der Waals surface area contributed by atoms with Crippen molar-refractivity contribution in [2.75, 3.05) is 26.3 Å². The Balaban J connectivity index is 1.69. The first-order chi connectivity index (χ1) is 10.1. The zero-order valence-corrected chi connectivity index (χ0v) is 11.8. The molecule has 3 amide bonds. The smallest absolute Gasteiger partial charge is 0.329 e. The van der Waals surface area contributed by atoms with Crippen molar-refractivity contribution in [2.24, 2.45) is 0 Å². The Hall–Kier alpha value is -1.67. The summed E-state index contributed by atoms with van der Waals surface area (Å²) in [5.74, 6) is -1.80. The number of nitrogens with one attached hydrogen (secondary N) is 2. The van der Waals surface area contributed by atoms with Crippen LogP contribution >= 0.6 is 0 Å². The van der Waals surface area contributed by atoms with Crippen LogP contribution in [0.5, 0.6) is 0 Å². The summed E-state index contributed by atoms with van der Waals surface area (Å²) in [6.45, 7) is 1.05. The number of imide groups is 1. The molecule has 2 saturated heterocycles. The molecule has 8 nitrogen and oxygen atoms in total. The fraction of sp³-hybridized carbons (Fsp3) is 0.769. The van der Waals surface area contributed by atoms with Crippen LogP contribution in [0.3, 0.4) is 0 Å². The number of piperidine rings is 1. The first-order valence-corrected chi connectivity index (χ1v) is 7.20. The average Bonchev–Trinajstić information content (AvgIpc) is 2.81. The monoisotopic (exact) mass is 299 g/mol. The van der Waals surface area contributed by atoms with Crippen LogP contribution in [0, 0.1) is 0 Å². The molecule has 0 saturated carbocycles. The van der Waals surface area contributed by atoms with Crippen molar-refractivity contribution in [2.45, 2.75) is 37.8 Å². The van der Waals surface area contributed by atoms with Crippen molar-refractivity contribution < 1.29 is 24.2 Å². The molecule has 2 heterocycles. The van der Waals surface area contributed by atoms with Gasteiger partial charge in [0, 0.05) is 18.6 Å². The average molecular weight is 299 g/mol. The predicted molar refractivity (Wildman–Crippen MR) is 72.7 cm³/mol. The Labute approximate surface area is 122 Å². The molecule has 2 rings (SSSR count). The van der Waals surface area contributed by atoms with Gasteiger partial charge in [0.1, 0.15) is 13.2 Å². The third kappa shape index (κ3) is 4.68. The quantitative estimate of drug-likeness (QED) is 0.634. The summed E-state index contributed by atoms with van der Waals surface area (Å²) >= 11 is 0. The number of nitrogens with zero attached hydrogens (tertiary/aromatic N) is 1. The number of hydrogen-bond acceptors (Lipinski definition) is 5. The number of ether oxygens (including phenoxy) is 1. The first-order valence-electron chi connectivity index (χ1n) is 7.20.